The van der Waals surface area contributed by atoms with Crippen molar-refractivity contribution in [3.63, 3.8) is 0 Å². The van der Waals surface area contributed by atoms with E-state index in [4.69, 9.17) is 14.4 Å². The summed E-state index contributed by atoms with van der Waals surface area (Å²) < 4.78 is 11.5. The summed E-state index contributed by atoms with van der Waals surface area (Å²) in [6, 6.07) is 43.8. The van der Waals surface area contributed by atoms with Crippen LogP contribution in [0.3, 0.4) is 0 Å². The lowest BCUT2D eigenvalue weighted by Crippen LogP contribution is -1.98. The van der Waals surface area contributed by atoms with E-state index in [0.717, 1.165) is 88.6 Å². The second-order valence-corrected chi connectivity index (χ2v) is 11.3. The Balaban J connectivity index is 1.30. The molecule has 10 aromatic rings. The van der Waals surface area contributed by atoms with Gasteiger partial charge < -0.3 is 8.98 Å². The molecule has 10 rings (SSSR count). The van der Waals surface area contributed by atoms with E-state index in [-0.39, 0.29) is 0 Å². The van der Waals surface area contributed by atoms with E-state index in [1.807, 2.05) is 48.7 Å². The monoisotopic (exact) mass is 577 g/mol. The first-order chi connectivity index (χ1) is 22.3. The number of furan rings is 1. The molecule has 0 amide bonds. The van der Waals surface area contributed by atoms with Crippen LogP contribution in [0.25, 0.3) is 88.6 Å². The molecule has 6 nitrogen and oxygen atoms in total. The van der Waals surface area contributed by atoms with E-state index < -0.39 is 0 Å². The average molecular weight is 578 g/mol. The fourth-order valence-corrected chi connectivity index (χ4v) is 6.96. The Morgan fingerprint density at radius 2 is 1.16 bits per heavy atom. The number of aromatic nitrogens is 5. The van der Waals surface area contributed by atoms with Gasteiger partial charge in [-0.2, -0.15) is 0 Å². The Labute approximate surface area is 256 Å². The number of pyridine rings is 3. The van der Waals surface area contributed by atoms with Crippen molar-refractivity contribution in [3.05, 3.63) is 140 Å². The minimum atomic E-state index is 0.827. The van der Waals surface area contributed by atoms with Gasteiger partial charge >= 0.3 is 0 Å². The molecule has 4 aromatic carbocycles. The molecule has 6 aromatic heterocycles. The van der Waals surface area contributed by atoms with Gasteiger partial charge in [0.1, 0.15) is 22.5 Å². The summed E-state index contributed by atoms with van der Waals surface area (Å²) in [4.78, 5) is 14.5. The number of hydrogen-bond acceptors (Lipinski definition) is 4. The second kappa shape index (κ2) is 9.11. The molecule has 6 heteroatoms. The Morgan fingerprint density at radius 3 is 2.00 bits per heavy atom. The lowest BCUT2D eigenvalue weighted by molar-refractivity contribution is 0.677. The van der Waals surface area contributed by atoms with Crippen molar-refractivity contribution in [1.29, 1.82) is 0 Å². The van der Waals surface area contributed by atoms with Gasteiger partial charge in [-0.1, -0.05) is 48.5 Å². The highest BCUT2D eigenvalue weighted by atomic mass is 16.3. The van der Waals surface area contributed by atoms with Gasteiger partial charge in [-0.25, -0.2) is 4.98 Å². The molecule has 0 bridgehead atoms. The zero-order valence-corrected chi connectivity index (χ0v) is 23.9. The van der Waals surface area contributed by atoms with Crippen LogP contribution in [-0.2, 0) is 0 Å². The van der Waals surface area contributed by atoms with Crippen molar-refractivity contribution < 1.29 is 4.42 Å². The second-order valence-electron chi connectivity index (χ2n) is 11.3. The van der Waals surface area contributed by atoms with Gasteiger partial charge in [-0.05, 0) is 78.9 Å². The van der Waals surface area contributed by atoms with Crippen LogP contribution < -0.4 is 0 Å². The fraction of sp³-hybridized carbons (Fsp3) is 0. The first kappa shape index (κ1) is 24.2. The fourth-order valence-electron chi connectivity index (χ4n) is 6.96. The number of nitrogens with zero attached hydrogens (tertiary/aromatic N) is 5. The SMILES string of the molecule is c1ccc(-n2c3cccnc3c3c4oc5c(ccc6c5c5ccccc5n6-c5cccc(-c6ccccn6)n5)c4ccc32)cc1. The third-order valence-electron chi connectivity index (χ3n) is 8.83. The summed E-state index contributed by atoms with van der Waals surface area (Å²) in [5.41, 5.74) is 9.61. The molecular formula is C39H23N5O. The lowest BCUT2D eigenvalue weighted by atomic mass is 10.1. The van der Waals surface area contributed by atoms with Gasteiger partial charge in [0.25, 0.3) is 0 Å². The van der Waals surface area contributed by atoms with Crippen LogP contribution in [0.5, 0.6) is 0 Å². The van der Waals surface area contributed by atoms with Crippen LogP contribution >= 0.6 is 0 Å². The smallest absolute Gasteiger partial charge is 0.147 e. The van der Waals surface area contributed by atoms with Crippen molar-refractivity contribution in [2.45, 2.75) is 0 Å². The highest BCUT2D eigenvalue weighted by Crippen LogP contribution is 2.44. The maximum atomic E-state index is 6.99. The molecule has 0 aliphatic carbocycles. The number of fused-ring (bicyclic) bond motifs is 11. The van der Waals surface area contributed by atoms with Crippen molar-refractivity contribution in [2.75, 3.05) is 0 Å². The highest BCUT2D eigenvalue weighted by molar-refractivity contribution is 6.28. The molecule has 0 fully saturated rings. The molecule has 0 saturated carbocycles. The van der Waals surface area contributed by atoms with Crippen LogP contribution in [0.15, 0.2) is 144 Å². The number of benzene rings is 4. The van der Waals surface area contributed by atoms with Gasteiger partial charge in [0, 0.05) is 34.2 Å². The first-order valence-electron chi connectivity index (χ1n) is 15.0. The van der Waals surface area contributed by atoms with Crippen molar-refractivity contribution >= 4 is 65.7 Å². The molecule has 0 unspecified atom stereocenters. The molecule has 210 valence electrons. The Morgan fingerprint density at radius 1 is 0.444 bits per heavy atom. The van der Waals surface area contributed by atoms with Crippen LogP contribution in [-0.4, -0.2) is 24.1 Å². The molecule has 0 saturated heterocycles. The van der Waals surface area contributed by atoms with E-state index in [1.165, 1.54) is 0 Å². The zero-order valence-electron chi connectivity index (χ0n) is 23.9. The minimum Gasteiger partial charge on any atom is -0.455 e. The van der Waals surface area contributed by atoms with Gasteiger partial charge in [-0.3, -0.25) is 14.5 Å². The number of hydrogen-bond donors (Lipinski definition) is 0. The topological polar surface area (TPSA) is 61.7 Å². The normalized spacial score (nSPS) is 12.0. The van der Waals surface area contributed by atoms with E-state index >= 15 is 0 Å². The van der Waals surface area contributed by atoms with Crippen molar-refractivity contribution in [2.24, 2.45) is 0 Å². The third kappa shape index (κ3) is 3.36. The predicted molar refractivity (Wildman–Crippen MR) is 181 cm³/mol. The van der Waals surface area contributed by atoms with Crippen LogP contribution in [0.1, 0.15) is 0 Å². The third-order valence-corrected chi connectivity index (χ3v) is 8.83. The Hall–Kier alpha value is -6.27. The van der Waals surface area contributed by atoms with Crippen molar-refractivity contribution in [3.8, 4) is 22.9 Å². The molecule has 0 atom stereocenters. The van der Waals surface area contributed by atoms with Crippen LogP contribution in [0.2, 0.25) is 0 Å². The predicted octanol–water partition coefficient (Wildman–Crippen LogP) is 9.63. The van der Waals surface area contributed by atoms with Crippen LogP contribution in [0, 0.1) is 0 Å². The van der Waals surface area contributed by atoms with Gasteiger partial charge in [-0.15, -0.1) is 0 Å². The summed E-state index contributed by atoms with van der Waals surface area (Å²) in [5.74, 6) is 0.831. The molecule has 0 aliphatic heterocycles. The maximum absolute atomic E-state index is 6.99. The van der Waals surface area contributed by atoms with Crippen LogP contribution in [0.4, 0.5) is 0 Å². The van der Waals surface area contributed by atoms with E-state index in [0.29, 0.717) is 0 Å². The van der Waals surface area contributed by atoms with E-state index in [2.05, 4.69) is 99.0 Å². The lowest BCUT2D eigenvalue weighted by Gasteiger charge is -2.08. The average Bonchev–Trinajstić information content (AvgIpc) is 3.76. The molecule has 0 radical (unpaired) electrons. The number of rotatable bonds is 3. The van der Waals surface area contributed by atoms with Gasteiger partial charge in [0.2, 0.25) is 0 Å². The minimum absolute atomic E-state index is 0.827. The molecule has 45 heavy (non-hydrogen) atoms. The summed E-state index contributed by atoms with van der Waals surface area (Å²) in [6.45, 7) is 0. The summed E-state index contributed by atoms with van der Waals surface area (Å²) in [7, 11) is 0. The molecule has 0 N–H and O–H groups in total. The molecular weight excluding hydrogens is 554 g/mol. The first-order valence-corrected chi connectivity index (χ1v) is 15.0. The highest BCUT2D eigenvalue weighted by Gasteiger charge is 2.23. The largest absolute Gasteiger partial charge is 0.455 e. The number of para-hydroxylation sites is 2. The van der Waals surface area contributed by atoms with Gasteiger partial charge in [0.15, 0.2) is 0 Å². The summed E-state index contributed by atoms with van der Waals surface area (Å²) >= 11 is 0. The van der Waals surface area contributed by atoms with E-state index in [9.17, 15) is 0 Å². The maximum Gasteiger partial charge on any atom is 0.147 e. The molecule has 0 aliphatic rings. The van der Waals surface area contributed by atoms with E-state index in [1.54, 1.807) is 6.20 Å². The molecule has 0 spiro atoms. The van der Waals surface area contributed by atoms with Gasteiger partial charge in [0.05, 0.1) is 44.2 Å². The Bertz CT molecular complexity index is 2760. The Kier molecular flexibility index (Phi) is 4.90. The zero-order chi connectivity index (χ0) is 29.5. The quantitative estimate of drug-likeness (QED) is 0.210. The summed E-state index contributed by atoms with van der Waals surface area (Å²) in [6.07, 6.45) is 3.66. The summed E-state index contributed by atoms with van der Waals surface area (Å²) in [5, 5.41) is 5.35. The molecule has 6 heterocycles. The standard InChI is InChI=1S/C39H23N5O/c1-2-10-24(11-3-1)43-32-21-19-26-25-18-20-31-35(38(25)45-39(26)36(32)37-33(43)16-9-23-41-37)27-12-4-5-15-30(27)44(31)34-17-8-14-29(42-34)28-13-6-7-22-40-28/h1-23H. The van der Waals surface area contributed by atoms with Crippen molar-refractivity contribution in [1.82, 2.24) is 24.1 Å².